The van der Waals surface area contributed by atoms with Crippen molar-refractivity contribution in [2.75, 3.05) is 29.1 Å². The van der Waals surface area contributed by atoms with Crippen molar-refractivity contribution < 1.29 is 4.79 Å². The van der Waals surface area contributed by atoms with Crippen LogP contribution in [0.1, 0.15) is 38.1 Å². The Morgan fingerprint density at radius 3 is 2.69 bits per heavy atom. The zero-order valence-electron chi connectivity index (χ0n) is 14.5. The molecule has 1 N–H and O–H groups in total. The molecule has 138 valence electrons. The van der Waals surface area contributed by atoms with E-state index in [1.807, 2.05) is 24.3 Å². The third-order valence-electron chi connectivity index (χ3n) is 4.68. The summed E-state index contributed by atoms with van der Waals surface area (Å²) in [7, 11) is 0. The van der Waals surface area contributed by atoms with Gasteiger partial charge in [-0.2, -0.15) is 0 Å². The Bertz CT molecular complexity index is 786. The topological polar surface area (TPSA) is 63.1 Å². The van der Waals surface area contributed by atoms with Crippen LogP contribution < -0.4 is 10.2 Å². The van der Waals surface area contributed by atoms with Gasteiger partial charge in [0.05, 0.1) is 11.4 Å². The van der Waals surface area contributed by atoms with Crippen molar-refractivity contribution in [3.8, 4) is 0 Å². The van der Waals surface area contributed by atoms with E-state index in [9.17, 15) is 4.79 Å². The van der Waals surface area contributed by atoms with E-state index in [2.05, 4.69) is 40.9 Å². The van der Waals surface area contributed by atoms with Crippen LogP contribution in [0.2, 0.25) is 0 Å². The predicted molar refractivity (Wildman–Crippen MR) is 108 cm³/mol. The molecule has 1 aliphatic heterocycles. The van der Waals surface area contributed by atoms with E-state index >= 15 is 0 Å². The molecule has 1 saturated carbocycles. The molecule has 26 heavy (non-hydrogen) atoms. The zero-order chi connectivity index (χ0) is 17.9. The molecule has 0 atom stereocenters. The summed E-state index contributed by atoms with van der Waals surface area (Å²) in [4.78, 5) is 14.7. The number of halogens is 1. The van der Waals surface area contributed by atoms with Gasteiger partial charge in [0.15, 0.2) is 5.16 Å². The molecule has 1 amide bonds. The summed E-state index contributed by atoms with van der Waals surface area (Å²) >= 11 is 4.92. The van der Waals surface area contributed by atoms with E-state index in [1.54, 1.807) is 0 Å². The van der Waals surface area contributed by atoms with Gasteiger partial charge in [-0.3, -0.25) is 9.36 Å². The van der Waals surface area contributed by atoms with E-state index in [4.69, 9.17) is 0 Å². The lowest BCUT2D eigenvalue weighted by Gasteiger charge is -2.27. The minimum absolute atomic E-state index is 0.0354. The van der Waals surface area contributed by atoms with Crippen molar-refractivity contribution in [2.45, 2.75) is 43.3 Å². The van der Waals surface area contributed by atoms with Crippen molar-refractivity contribution in [1.82, 2.24) is 14.8 Å². The van der Waals surface area contributed by atoms with Crippen LogP contribution in [0.5, 0.6) is 0 Å². The number of carbonyl (C=O) groups is 1. The highest BCUT2D eigenvalue weighted by molar-refractivity contribution is 9.10. The van der Waals surface area contributed by atoms with E-state index in [-0.39, 0.29) is 5.91 Å². The zero-order valence-corrected chi connectivity index (χ0v) is 16.9. The lowest BCUT2D eigenvalue weighted by Crippen LogP contribution is -2.32. The summed E-state index contributed by atoms with van der Waals surface area (Å²) < 4.78 is 3.13. The van der Waals surface area contributed by atoms with Gasteiger partial charge in [0, 0.05) is 23.6 Å². The average Bonchev–Trinajstić information content (AvgIpc) is 3.42. The SMILES string of the molecule is O=C(CSc1nnc(N2CCCCC2)n1C1CC1)Nc1ccccc1Br. The van der Waals surface area contributed by atoms with Crippen molar-refractivity contribution in [1.29, 1.82) is 0 Å². The van der Waals surface area contributed by atoms with Gasteiger partial charge in [-0.15, -0.1) is 10.2 Å². The van der Waals surface area contributed by atoms with Crippen molar-refractivity contribution in [3.05, 3.63) is 28.7 Å². The Labute approximate surface area is 165 Å². The first kappa shape index (κ1) is 17.9. The number of thioether (sulfide) groups is 1. The molecule has 6 nitrogen and oxygen atoms in total. The molecule has 1 aromatic heterocycles. The molecular weight excluding hydrogens is 414 g/mol. The van der Waals surface area contributed by atoms with Crippen LogP contribution in [-0.4, -0.2) is 39.5 Å². The fraction of sp³-hybridized carbons (Fsp3) is 0.500. The molecule has 1 saturated heterocycles. The summed E-state index contributed by atoms with van der Waals surface area (Å²) in [5, 5.41) is 12.6. The van der Waals surface area contributed by atoms with Crippen LogP contribution in [0.15, 0.2) is 33.9 Å². The van der Waals surface area contributed by atoms with E-state index in [0.29, 0.717) is 11.8 Å². The number of piperidine rings is 1. The summed E-state index contributed by atoms with van der Waals surface area (Å²) in [6, 6.07) is 8.12. The molecular formula is C18H22BrN5OS. The van der Waals surface area contributed by atoms with Crippen LogP contribution in [0, 0.1) is 0 Å². The van der Waals surface area contributed by atoms with Gasteiger partial charge in [0.2, 0.25) is 11.9 Å². The van der Waals surface area contributed by atoms with Crippen LogP contribution in [-0.2, 0) is 4.79 Å². The normalized spacial score (nSPS) is 17.3. The summed E-state index contributed by atoms with van der Waals surface area (Å²) in [6.45, 7) is 2.11. The Morgan fingerprint density at radius 2 is 1.96 bits per heavy atom. The number of rotatable bonds is 6. The molecule has 2 aliphatic rings. The quantitative estimate of drug-likeness (QED) is 0.691. The number of amides is 1. The Hall–Kier alpha value is -1.54. The maximum absolute atomic E-state index is 12.3. The molecule has 0 radical (unpaired) electrons. The molecule has 2 aromatic rings. The highest BCUT2D eigenvalue weighted by Crippen LogP contribution is 2.41. The van der Waals surface area contributed by atoms with Gasteiger partial charge in [0.1, 0.15) is 0 Å². The van der Waals surface area contributed by atoms with E-state index in [1.165, 1.54) is 43.9 Å². The number of anilines is 2. The third kappa shape index (κ3) is 4.06. The number of hydrogen-bond acceptors (Lipinski definition) is 5. The first-order valence-corrected chi connectivity index (χ1v) is 10.9. The molecule has 0 bridgehead atoms. The van der Waals surface area contributed by atoms with Gasteiger partial charge >= 0.3 is 0 Å². The fourth-order valence-electron chi connectivity index (χ4n) is 3.21. The lowest BCUT2D eigenvalue weighted by molar-refractivity contribution is -0.113. The number of carbonyl (C=O) groups excluding carboxylic acids is 1. The number of nitrogens with one attached hydrogen (secondary N) is 1. The Balaban J connectivity index is 1.42. The maximum Gasteiger partial charge on any atom is 0.234 e. The molecule has 1 aliphatic carbocycles. The first-order valence-electron chi connectivity index (χ1n) is 9.09. The monoisotopic (exact) mass is 435 g/mol. The maximum atomic E-state index is 12.3. The van der Waals surface area contributed by atoms with Crippen LogP contribution in [0.4, 0.5) is 11.6 Å². The number of nitrogens with zero attached hydrogens (tertiary/aromatic N) is 4. The molecule has 8 heteroatoms. The molecule has 2 fully saturated rings. The second kappa shape index (κ2) is 8.00. The summed E-state index contributed by atoms with van der Waals surface area (Å²) in [5.74, 6) is 1.28. The fourth-order valence-corrected chi connectivity index (χ4v) is 4.39. The number of para-hydroxylation sites is 1. The van der Waals surface area contributed by atoms with Gasteiger partial charge in [-0.25, -0.2) is 0 Å². The van der Waals surface area contributed by atoms with Crippen LogP contribution >= 0.6 is 27.7 Å². The van der Waals surface area contributed by atoms with Crippen molar-refractivity contribution in [2.24, 2.45) is 0 Å². The standard InChI is InChI=1S/C18H22BrN5OS/c19-14-6-2-3-7-15(14)20-16(25)12-26-18-22-21-17(24(18)13-8-9-13)23-10-4-1-5-11-23/h2-3,6-7,13H,1,4-5,8-12H2,(H,20,25). The van der Waals surface area contributed by atoms with Gasteiger partial charge in [0.25, 0.3) is 0 Å². The Kier molecular flexibility index (Phi) is 5.49. The minimum Gasteiger partial charge on any atom is -0.341 e. The van der Waals surface area contributed by atoms with Crippen LogP contribution in [0.3, 0.4) is 0 Å². The smallest absolute Gasteiger partial charge is 0.234 e. The first-order chi connectivity index (χ1) is 12.7. The summed E-state index contributed by atoms with van der Waals surface area (Å²) in [5.41, 5.74) is 0.788. The Morgan fingerprint density at radius 1 is 1.19 bits per heavy atom. The predicted octanol–water partition coefficient (Wildman–Crippen LogP) is 4.10. The largest absolute Gasteiger partial charge is 0.341 e. The highest BCUT2D eigenvalue weighted by Gasteiger charge is 2.32. The highest BCUT2D eigenvalue weighted by atomic mass is 79.9. The second-order valence-corrected chi connectivity index (χ2v) is 8.54. The van der Waals surface area contributed by atoms with Crippen molar-refractivity contribution in [3.63, 3.8) is 0 Å². The molecule has 2 heterocycles. The second-order valence-electron chi connectivity index (χ2n) is 6.75. The van der Waals surface area contributed by atoms with Crippen molar-refractivity contribution >= 4 is 45.2 Å². The molecule has 0 spiro atoms. The number of benzene rings is 1. The van der Waals surface area contributed by atoms with Gasteiger partial charge in [-0.1, -0.05) is 23.9 Å². The lowest BCUT2D eigenvalue weighted by atomic mass is 10.1. The molecule has 0 unspecified atom stereocenters. The van der Waals surface area contributed by atoms with Crippen LogP contribution in [0.25, 0.3) is 0 Å². The van der Waals surface area contributed by atoms with Gasteiger partial charge < -0.3 is 10.2 Å². The third-order valence-corrected chi connectivity index (χ3v) is 6.31. The molecule has 1 aromatic carbocycles. The molecule has 4 rings (SSSR count). The number of hydrogen-bond donors (Lipinski definition) is 1. The van der Waals surface area contributed by atoms with E-state index in [0.717, 1.165) is 34.4 Å². The van der Waals surface area contributed by atoms with E-state index < -0.39 is 0 Å². The number of aromatic nitrogens is 3. The summed E-state index contributed by atoms with van der Waals surface area (Å²) in [6.07, 6.45) is 6.08. The average molecular weight is 436 g/mol. The minimum atomic E-state index is -0.0354. The van der Waals surface area contributed by atoms with Gasteiger partial charge in [-0.05, 0) is 60.2 Å².